The highest BCUT2D eigenvalue weighted by molar-refractivity contribution is 4.98. The van der Waals surface area contributed by atoms with E-state index in [0.29, 0.717) is 6.04 Å². The third-order valence-corrected chi connectivity index (χ3v) is 2.84. The maximum Gasteiger partial charge on any atom is 0.0948 e. The predicted octanol–water partition coefficient (Wildman–Crippen LogP) is 2.61. The van der Waals surface area contributed by atoms with Crippen molar-refractivity contribution in [3.63, 3.8) is 0 Å². The maximum absolute atomic E-state index is 4.22. The Bertz CT molecular complexity index is 280. The Labute approximate surface area is 99.3 Å². The third kappa shape index (κ3) is 4.35. The van der Waals surface area contributed by atoms with E-state index >= 15 is 0 Å². The molecular formula is C13H25N3. The summed E-state index contributed by atoms with van der Waals surface area (Å²) in [5.41, 5.74) is 1.37. The van der Waals surface area contributed by atoms with E-state index in [2.05, 4.69) is 35.6 Å². The van der Waals surface area contributed by atoms with Gasteiger partial charge in [-0.15, -0.1) is 0 Å². The van der Waals surface area contributed by atoms with Gasteiger partial charge in [-0.3, -0.25) is 0 Å². The van der Waals surface area contributed by atoms with Crippen LogP contribution in [0.4, 0.5) is 0 Å². The van der Waals surface area contributed by atoms with Crippen molar-refractivity contribution in [3.8, 4) is 0 Å². The number of aromatic nitrogens is 2. The van der Waals surface area contributed by atoms with Crippen LogP contribution < -0.4 is 5.32 Å². The lowest BCUT2D eigenvalue weighted by Gasteiger charge is -2.13. The molecule has 1 atom stereocenters. The molecule has 1 heterocycles. The lowest BCUT2D eigenvalue weighted by atomic mass is 10.1. The van der Waals surface area contributed by atoms with Crippen LogP contribution in [0.25, 0.3) is 0 Å². The van der Waals surface area contributed by atoms with E-state index in [4.69, 9.17) is 0 Å². The van der Waals surface area contributed by atoms with E-state index in [1.54, 1.807) is 0 Å². The number of aryl methyl sites for hydroxylation is 2. The van der Waals surface area contributed by atoms with Crippen molar-refractivity contribution in [1.82, 2.24) is 14.9 Å². The number of nitrogens with one attached hydrogen (secondary N) is 1. The molecule has 0 aromatic carbocycles. The summed E-state index contributed by atoms with van der Waals surface area (Å²) in [6.07, 6.45) is 8.64. The van der Waals surface area contributed by atoms with Gasteiger partial charge in [-0.2, -0.15) is 0 Å². The molecule has 1 N–H and O–H groups in total. The monoisotopic (exact) mass is 223 g/mol. The van der Waals surface area contributed by atoms with E-state index in [0.717, 1.165) is 19.5 Å². The fraction of sp³-hybridized carbons (Fsp3) is 0.769. The average molecular weight is 223 g/mol. The molecule has 0 fully saturated rings. The van der Waals surface area contributed by atoms with Gasteiger partial charge in [-0.25, -0.2) is 4.98 Å². The van der Waals surface area contributed by atoms with Crippen molar-refractivity contribution in [2.24, 2.45) is 0 Å². The van der Waals surface area contributed by atoms with Crippen molar-refractivity contribution in [2.45, 2.75) is 59.0 Å². The molecule has 0 aliphatic heterocycles. The second kappa shape index (κ2) is 7.44. The second-order valence-electron chi connectivity index (χ2n) is 4.47. The van der Waals surface area contributed by atoms with Gasteiger partial charge in [0.25, 0.3) is 0 Å². The number of imidazole rings is 1. The summed E-state index contributed by atoms with van der Waals surface area (Å²) >= 11 is 0. The molecular weight excluding hydrogens is 198 g/mol. The van der Waals surface area contributed by atoms with Gasteiger partial charge >= 0.3 is 0 Å². The van der Waals surface area contributed by atoms with Gasteiger partial charge in [0.15, 0.2) is 0 Å². The first kappa shape index (κ1) is 13.2. The Morgan fingerprint density at radius 1 is 1.38 bits per heavy atom. The number of hydrogen-bond acceptors (Lipinski definition) is 2. The molecule has 1 aromatic heterocycles. The largest absolute Gasteiger partial charge is 0.335 e. The SMILES string of the molecule is CCCNC(C)CCc1cncn1CCC. The summed E-state index contributed by atoms with van der Waals surface area (Å²) in [4.78, 5) is 4.22. The first-order valence-electron chi connectivity index (χ1n) is 6.50. The predicted molar refractivity (Wildman–Crippen MR) is 68.6 cm³/mol. The molecule has 0 aliphatic carbocycles. The van der Waals surface area contributed by atoms with Gasteiger partial charge in [-0.05, 0) is 39.2 Å². The van der Waals surface area contributed by atoms with Crippen molar-refractivity contribution in [3.05, 3.63) is 18.2 Å². The van der Waals surface area contributed by atoms with Crippen LogP contribution in [0, 0.1) is 0 Å². The Hall–Kier alpha value is -0.830. The molecule has 92 valence electrons. The molecule has 0 radical (unpaired) electrons. The van der Waals surface area contributed by atoms with Crippen molar-refractivity contribution >= 4 is 0 Å². The molecule has 0 aliphatic rings. The van der Waals surface area contributed by atoms with E-state index < -0.39 is 0 Å². The Morgan fingerprint density at radius 2 is 2.19 bits per heavy atom. The van der Waals surface area contributed by atoms with Crippen LogP contribution in [-0.4, -0.2) is 22.1 Å². The van der Waals surface area contributed by atoms with Crippen LogP contribution in [0.5, 0.6) is 0 Å². The average Bonchev–Trinajstić information content (AvgIpc) is 2.72. The molecule has 16 heavy (non-hydrogen) atoms. The highest BCUT2D eigenvalue weighted by Gasteiger charge is 2.04. The van der Waals surface area contributed by atoms with Crippen LogP contribution >= 0.6 is 0 Å². The molecule has 0 spiro atoms. The van der Waals surface area contributed by atoms with E-state index in [1.807, 2.05) is 12.5 Å². The van der Waals surface area contributed by atoms with E-state index in [1.165, 1.54) is 25.0 Å². The number of hydrogen-bond donors (Lipinski definition) is 1. The molecule has 1 aromatic rings. The molecule has 0 saturated heterocycles. The Kier molecular flexibility index (Phi) is 6.16. The topological polar surface area (TPSA) is 29.9 Å². The summed E-state index contributed by atoms with van der Waals surface area (Å²) < 4.78 is 2.27. The first-order chi connectivity index (χ1) is 7.77. The smallest absolute Gasteiger partial charge is 0.0948 e. The van der Waals surface area contributed by atoms with Gasteiger partial charge in [0, 0.05) is 24.5 Å². The van der Waals surface area contributed by atoms with Gasteiger partial charge in [-0.1, -0.05) is 13.8 Å². The fourth-order valence-electron chi connectivity index (χ4n) is 1.86. The zero-order chi connectivity index (χ0) is 11.8. The molecule has 3 heteroatoms. The van der Waals surface area contributed by atoms with Gasteiger partial charge < -0.3 is 9.88 Å². The summed E-state index contributed by atoms with van der Waals surface area (Å²) in [7, 11) is 0. The van der Waals surface area contributed by atoms with Crippen LogP contribution in [0.2, 0.25) is 0 Å². The Morgan fingerprint density at radius 3 is 2.88 bits per heavy atom. The van der Waals surface area contributed by atoms with Crippen molar-refractivity contribution in [1.29, 1.82) is 0 Å². The highest BCUT2D eigenvalue weighted by Crippen LogP contribution is 2.06. The standard InChI is InChI=1S/C13H25N3/c1-4-8-15-12(3)6-7-13-10-14-11-16(13)9-5-2/h10-12,15H,4-9H2,1-3H3. The minimum atomic E-state index is 0.602. The van der Waals surface area contributed by atoms with Crippen LogP contribution in [0.1, 0.15) is 45.7 Å². The molecule has 3 nitrogen and oxygen atoms in total. The fourth-order valence-corrected chi connectivity index (χ4v) is 1.86. The highest BCUT2D eigenvalue weighted by atomic mass is 15.0. The van der Waals surface area contributed by atoms with Crippen molar-refractivity contribution < 1.29 is 0 Å². The maximum atomic E-state index is 4.22. The first-order valence-corrected chi connectivity index (χ1v) is 6.50. The lowest BCUT2D eigenvalue weighted by molar-refractivity contribution is 0.504. The normalized spacial score (nSPS) is 12.9. The second-order valence-corrected chi connectivity index (χ2v) is 4.47. The third-order valence-electron chi connectivity index (χ3n) is 2.84. The van der Waals surface area contributed by atoms with Crippen molar-refractivity contribution in [2.75, 3.05) is 6.54 Å². The lowest BCUT2D eigenvalue weighted by Crippen LogP contribution is -2.27. The van der Waals surface area contributed by atoms with Crippen LogP contribution in [0.15, 0.2) is 12.5 Å². The molecule has 1 rings (SSSR count). The minimum Gasteiger partial charge on any atom is -0.335 e. The molecule has 0 amide bonds. The zero-order valence-electron chi connectivity index (χ0n) is 10.9. The van der Waals surface area contributed by atoms with Gasteiger partial charge in [0.1, 0.15) is 0 Å². The zero-order valence-corrected chi connectivity index (χ0v) is 10.9. The van der Waals surface area contributed by atoms with Crippen LogP contribution in [0.3, 0.4) is 0 Å². The van der Waals surface area contributed by atoms with E-state index in [-0.39, 0.29) is 0 Å². The van der Waals surface area contributed by atoms with E-state index in [9.17, 15) is 0 Å². The molecule has 0 saturated carbocycles. The number of nitrogens with zero attached hydrogens (tertiary/aromatic N) is 2. The quantitative estimate of drug-likeness (QED) is 0.734. The van der Waals surface area contributed by atoms with Gasteiger partial charge in [0.2, 0.25) is 0 Å². The summed E-state index contributed by atoms with van der Waals surface area (Å²) in [5.74, 6) is 0. The van der Waals surface area contributed by atoms with Crippen LogP contribution in [-0.2, 0) is 13.0 Å². The number of rotatable bonds is 8. The minimum absolute atomic E-state index is 0.602. The summed E-state index contributed by atoms with van der Waals surface area (Å²) in [6, 6.07) is 0.602. The molecule has 1 unspecified atom stereocenters. The summed E-state index contributed by atoms with van der Waals surface area (Å²) in [5, 5.41) is 3.52. The summed E-state index contributed by atoms with van der Waals surface area (Å²) in [6.45, 7) is 8.88. The Balaban J connectivity index is 2.32. The van der Waals surface area contributed by atoms with Gasteiger partial charge in [0.05, 0.1) is 6.33 Å². The molecule has 0 bridgehead atoms.